The van der Waals surface area contributed by atoms with Crippen molar-refractivity contribution in [3.63, 3.8) is 0 Å². The fraction of sp³-hybridized carbons (Fsp3) is 0.958. The Kier molecular flexibility index (Phi) is 8.20. The summed E-state index contributed by atoms with van der Waals surface area (Å²) in [6.45, 7) is 14.5. The number of aliphatic hydroxyl groups excluding tert-OH is 1. The smallest absolute Gasteiger partial charge is 0.192 e. The normalized spacial score (nSPS) is 32.7. The number of Topliss-reactive ketones (excluding diaryl/α,β-unsaturated/α-hetero) is 1. The first kappa shape index (κ1) is 25.0. The van der Waals surface area contributed by atoms with E-state index in [1.807, 2.05) is 0 Å². The zero-order valence-corrected chi connectivity index (χ0v) is 21.0. The van der Waals surface area contributed by atoms with Crippen molar-refractivity contribution in [1.82, 2.24) is 0 Å². The van der Waals surface area contributed by atoms with Crippen molar-refractivity contribution in [2.75, 3.05) is 0 Å². The molecule has 29 heavy (non-hydrogen) atoms. The molecule has 0 radical (unpaired) electrons. The van der Waals surface area contributed by atoms with Crippen LogP contribution >= 0.6 is 0 Å². The molecule has 0 aromatic carbocycles. The van der Waals surface area contributed by atoms with E-state index in [1.165, 1.54) is 57.7 Å². The maximum Gasteiger partial charge on any atom is 0.192 e. The summed E-state index contributed by atoms with van der Waals surface area (Å²) in [4.78, 5) is 12.3. The van der Waals surface area contributed by atoms with Gasteiger partial charge in [0.25, 0.3) is 0 Å². The highest BCUT2D eigenvalue weighted by molar-refractivity contribution is 6.73. The van der Waals surface area contributed by atoms with Gasteiger partial charge in [-0.15, -0.1) is 0 Å². The van der Waals surface area contributed by atoms with E-state index in [1.54, 1.807) is 0 Å². The molecule has 0 aromatic heterocycles. The number of aliphatic hydroxyl groups is 2. The summed E-state index contributed by atoms with van der Waals surface area (Å²) < 4.78 is 7.00. The van der Waals surface area contributed by atoms with Gasteiger partial charge in [0.05, 0.1) is 0 Å². The van der Waals surface area contributed by atoms with Crippen LogP contribution in [0.3, 0.4) is 0 Å². The largest absolute Gasteiger partial charge is 0.414 e. The molecular weight excluding hydrogens is 380 g/mol. The van der Waals surface area contributed by atoms with Crippen molar-refractivity contribution in [2.24, 2.45) is 23.2 Å². The lowest BCUT2D eigenvalue weighted by atomic mass is 9.61. The molecule has 0 spiro atoms. The average Bonchev–Trinajstić information content (AvgIpc) is 3.02. The molecular formula is C24H46O4Si. The highest BCUT2D eigenvalue weighted by Gasteiger charge is 2.54. The van der Waals surface area contributed by atoms with Crippen LogP contribution in [0.15, 0.2) is 0 Å². The van der Waals surface area contributed by atoms with Crippen LogP contribution in [0.1, 0.15) is 87.0 Å². The first-order valence-electron chi connectivity index (χ1n) is 12.1. The van der Waals surface area contributed by atoms with Gasteiger partial charge in [0.15, 0.2) is 14.1 Å². The van der Waals surface area contributed by atoms with Gasteiger partial charge in [0.1, 0.15) is 11.7 Å². The lowest BCUT2D eigenvalue weighted by Gasteiger charge is -2.49. The van der Waals surface area contributed by atoms with Gasteiger partial charge < -0.3 is 14.6 Å². The minimum Gasteiger partial charge on any atom is -0.414 e. The number of rotatable bonds is 10. The highest BCUT2D eigenvalue weighted by atomic mass is 28.4. The predicted molar refractivity (Wildman–Crippen MR) is 121 cm³/mol. The predicted octanol–water partition coefficient (Wildman–Crippen LogP) is 5.32. The third kappa shape index (κ3) is 5.16. The minimum atomic E-state index is -1.62. The summed E-state index contributed by atoms with van der Waals surface area (Å²) in [5.41, 5.74) is -1.24. The van der Waals surface area contributed by atoms with Gasteiger partial charge in [-0.05, 0) is 87.3 Å². The molecule has 6 atom stereocenters. The van der Waals surface area contributed by atoms with Crippen molar-refractivity contribution in [2.45, 2.75) is 123 Å². The van der Waals surface area contributed by atoms with Crippen LogP contribution in [0, 0.1) is 23.2 Å². The summed E-state index contributed by atoms with van der Waals surface area (Å²) >= 11 is 0. The maximum atomic E-state index is 12.3. The molecule has 170 valence electrons. The van der Waals surface area contributed by atoms with Crippen LogP contribution in [0.25, 0.3) is 0 Å². The maximum absolute atomic E-state index is 12.3. The number of hydrogen-bond donors (Lipinski definition) is 2. The molecule has 5 heteroatoms. The average molecular weight is 427 g/mol. The van der Waals surface area contributed by atoms with Crippen LogP contribution in [-0.2, 0) is 9.22 Å². The van der Waals surface area contributed by atoms with Gasteiger partial charge in [-0.2, -0.15) is 0 Å². The summed E-state index contributed by atoms with van der Waals surface area (Å²) in [6.07, 6.45) is 5.74. The van der Waals surface area contributed by atoms with E-state index in [-0.39, 0.29) is 11.3 Å². The SMILES string of the molecule is CC[Si](CC)(CC)OC1CCC[C@]2(C)C(C(C)CC(O)C(=O)C(C)(C)O)CCC12. The second kappa shape index (κ2) is 9.50. The van der Waals surface area contributed by atoms with Crippen molar-refractivity contribution >= 4 is 14.1 Å². The van der Waals surface area contributed by atoms with Crippen LogP contribution in [0.4, 0.5) is 0 Å². The fourth-order valence-electron chi connectivity index (χ4n) is 6.59. The van der Waals surface area contributed by atoms with Gasteiger partial charge in [-0.3, -0.25) is 4.79 Å². The number of hydrogen-bond acceptors (Lipinski definition) is 4. The quantitative estimate of drug-likeness (QED) is 0.464. The molecule has 2 N–H and O–H groups in total. The van der Waals surface area contributed by atoms with Crippen molar-refractivity contribution in [3.05, 3.63) is 0 Å². The Bertz CT molecular complexity index is 545. The molecule has 2 fully saturated rings. The highest BCUT2D eigenvalue weighted by Crippen LogP contribution is 2.59. The van der Waals surface area contributed by atoms with E-state index in [4.69, 9.17) is 4.43 Å². The monoisotopic (exact) mass is 426 g/mol. The van der Waals surface area contributed by atoms with Crippen molar-refractivity contribution in [3.8, 4) is 0 Å². The van der Waals surface area contributed by atoms with Crippen LogP contribution in [-0.4, -0.2) is 42.1 Å². The molecule has 5 unspecified atom stereocenters. The van der Waals surface area contributed by atoms with E-state index in [2.05, 4.69) is 34.6 Å². The summed E-state index contributed by atoms with van der Waals surface area (Å²) in [6, 6.07) is 3.60. The van der Waals surface area contributed by atoms with E-state index in [0.29, 0.717) is 24.4 Å². The molecule has 4 nitrogen and oxygen atoms in total. The van der Waals surface area contributed by atoms with E-state index >= 15 is 0 Å². The van der Waals surface area contributed by atoms with Crippen LogP contribution < -0.4 is 0 Å². The van der Waals surface area contributed by atoms with E-state index < -0.39 is 25.8 Å². The van der Waals surface area contributed by atoms with Crippen LogP contribution in [0.2, 0.25) is 18.1 Å². The molecule has 2 saturated carbocycles. The third-order valence-electron chi connectivity index (χ3n) is 8.66. The Balaban J connectivity index is 2.12. The summed E-state index contributed by atoms with van der Waals surface area (Å²) in [5, 5.41) is 20.4. The Morgan fingerprint density at radius 3 is 2.28 bits per heavy atom. The molecule has 0 saturated heterocycles. The van der Waals surface area contributed by atoms with Gasteiger partial charge in [-0.25, -0.2) is 0 Å². The number of fused-ring (bicyclic) bond motifs is 1. The topological polar surface area (TPSA) is 66.8 Å². The zero-order valence-electron chi connectivity index (χ0n) is 20.0. The molecule has 0 amide bonds. The fourth-order valence-corrected chi connectivity index (χ4v) is 9.51. The zero-order chi connectivity index (χ0) is 22.0. The summed E-state index contributed by atoms with van der Waals surface area (Å²) in [5.74, 6) is 0.903. The molecule has 2 aliphatic carbocycles. The molecule has 0 aliphatic heterocycles. The van der Waals surface area contributed by atoms with Crippen molar-refractivity contribution < 1.29 is 19.4 Å². The molecule has 0 bridgehead atoms. The summed E-state index contributed by atoms with van der Waals surface area (Å²) in [7, 11) is -1.62. The van der Waals surface area contributed by atoms with E-state index in [9.17, 15) is 15.0 Å². The third-order valence-corrected chi connectivity index (χ3v) is 13.3. The Labute approximate surface area is 179 Å². The first-order valence-corrected chi connectivity index (χ1v) is 14.6. The number of carbonyl (C=O) groups is 1. The number of ketones is 1. The van der Waals surface area contributed by atoms with Crippen LogP contribution in [0.5, 0.6) is 0 Å². The minimum absolute atomic E-state index is 0.231. The molecule has 0 aromatic rings. The Morgan fingerprint density at radius 1 is 1.17 bits per heavy atom. The van der Waals surface area contributed by atoms with Gasteiger partial charge in [0.2, 0.25) is 0 Å². The number of carbonyl (C=O) groups excluding carboxylic acids is 1. The van der Waals surface area contributed by atoms with Gasteiger partial charge >= 0.3 is 0 Å². The van der Waals surface area contributed by atoms with Crippen molar-refractivity contribution in [1.29, 1.82) is 0 Å². The lowest BCUT2D eigenvalue weighted by molar-refractivity contribution is -0.144. The second-order valence-corrected chi connectivity index (χ2v) is 15.5. The molecule has 0 heterocycles. The Morgan fingerprint density at radius 2 is 1.76 bits per heavy atom. The second-order valence-electron chi connectivity index (χ2n) is 10.7. The van der Waals surface area contributed by atoms with E-state index in [0.717, 1.165) is 6.42 Å². The molecule has 2 rings (SSSR count). The first-order chi connectivity index (χ1) is 13.4. The lowest BCUT2D eigenvalue weighted by Crippen LogP contribution is -2.49. The molecule has 2 aliphatic rings. The standard InChI is InChI=1S/C24H46O4Si/c1-8-29(9-2,10-3)28-21-12-11-15-24(7)18(13-14-19(21)24)17(4)16-20(25)22(26)23(5,6)27/h17-21,25,27H,8-16H2,1-7H3/t17?,18?,19?,20?,21?,24-/m1/s1. The van der Waals surface area contributed by atoms with Gasteiger partial charge in [0, 0.05) is 6.10 Å². The Hall–Kier alpha value is -0.233. The van der Waals surface area contributed by atoms with Gasteiger partial charge in [-0.1, -0.05) is 41.0 Å².